The fourth-order valence-electron chi connectivity index (χ4n) is 4.10. The Kier molecular flexibility index (Phi) is 8.46. The molecule has 2 fully saturated rings. The Hall–Kier alpha value is -1.96. The molecule has 0 aromatic heterocycles. The van der Waals surface area contributed by atoms with E-state index in [1.54, 1.807) is 36.0 Å². The van der Waals surface area contributed by atoms with Crippen LogP contribution in [0.15, 0.2) is 48.5 Å². The summed E-state index contributed by atoms with van der Waals surface area (Å²) in [6.07, 6.45) is 0. The molecule has 2 heterocycles. The van der Waals surface area contributed by atoms with Crippen molar-refractivity contribution in [3.63, 3.8) is 0 Å². The molecule has 0 bridgehead atoms. The van der Waals surface area contributed by atoms with Gasteiger partial charge in [-0.05, 0) is 42.4 Å². The maximum Gasteiger partial charge on any atom is 0.240 e. The third kappa shape index (κ3) is 5.64. The van der Waals surface area contributed by atoms with Gasteiger partial charge in [-0.3, -0.25) is 14.6 Å². The molecule has 0 saturated carbocycles. The van der Waals surface area contributed by atoms with Gasteiger partial charge in [0.1, 0.15) is 11.6 Å². The van der Waals surface area contributed by atoms with E-state index in [0.29, 0.717) is 13.1 Å². The van der Waals surface area contributed by atoms with Gasteiger partial charge in [-0.15, -0.1) is 11.8 Å². The lowest BCUT2D eigenvalue weighted by Crippen LogP contribution is -2.54. The SMILES string of the molecule is CC.CN1CSC[C@H]1C(=O)N1CCN(C(c2ccc(F)cc2)c2ccc(F)cc2)CC1. The van der Waals surface area contributed by atoms with Crippen LogP contribution in [0.5, 0.6) is 0 Å². The lowest BCUT2D eigenvalue weighted by Gasteiger charge is -2.40. The number of rotatable bonds is 4. The van der Waals surface area contributed by atoms with Crippen LogP contribution in [0.1, 0.15) is 31.0 Å². The Morgan fingerprint density at radius 1 is 0.903 bits per heavy atom. The summed E-state index contributed by atoms with van der Waals surface area (Å²) in [6, 6.07) is 12.8. The smallest absolute Gasteiger partial charge is 0.240 e. The molecule has 0 radical (unpaired) electrons. The fourth-order valence-corrected chi connectivity index (χ4v) is 5.29. The molecule has 168 valence electrons. The van der Waals surface area contributed by atoms with Crippen molar-refractivity contribution >= 4 is 17.7 Å². The summed E-state index contributed by atoms with van der Waals surface area (Å²) in [4.78, 5) is 19.2. The van der Waals surface area contributed by atoms with Crippen molar-refractivity contribution in [1.82, 2.24) is 14.7 Å². The largest absolute Gasteiger partial charge is 0.339 e. The minimum atomic E-state index is -0.277. The highest BCUT2D eigenvalue weighted by Gasteiger charge is 2.34. The quantitative estimate of drug-likeness (QED) is 0.701. The number of carbonyl (C=O) groups excluding carboxylic acids is 1. The highest BCUT2D eigenvalue weighted by atomic mass is 32.2. The monoisotopic (exact) mass is 447 g/mol. The van der Waals surface area contributed by atoms with Crippen LogP contribution in [-0.4, -0.2) is 71.5 Å². The molecule has 1 atom stereocenters. The summed E-state index contributed by atoms with van der Waals surface area (Å²) in [7, 11) is 2.00. The van der Waals surface area contributed by atoms with Crippen LogP contribution in [0.3, 0.4) is 0 Å². The topological polar surface area (TPSA) is 26.8 Å². The molecule has 0 unspecified atom stereocenters. The Labute approximate surface area is 188 Å². The van der Waals surface area contributed by atoms with Gasteiger partial charge in [0.05, 0.1) is 12.1 Å². The van der Waals surface area contributed by atoms with Gasteiger partial charge in [0.2, 0.25) is 5.91 Å². The average molecular weight is 448 g/mol. The number of likely N-dealkylation sites (N-methyl/N-ethyl adjacent to an activating group) is 1. The van der Waals surface area contributed by atoms with Crippen LogP contribution in [0.25, 0.3) is 0 Å². The summed E-state index contributed by atoms with van der Waals surface area (Å²) in [5.74, 6) is 1.40. The van der Waals surface area contributed by atoms with Gasteiger partial charge >= 0.3 is 0 Å². The van der Waals surface area contributed by atoms with Crippen molar-refractivity contribution < 1.29 is 13.6 Å². The predicted octanol–water partition coefficient (Wildman–Crippen LogP) is 4.23. The van der Waals surface area contributed by atoms with Crippen molar-refractivity contribution in [2.75, 3.05) is 44.9 Å². The summed E-state index contributed by atoms with van der Waals surface area (Å²) in [6.45, 7) is 6.75. The van der Waals surface area contributed by atoms with Gasteiger partial charge in [0.15, 0.2) is 0 Å². The van der Waals surface area contributed by atoms with Gasteiger partial charge in [-0.2, -0.15) is 0 Å². The van der Waals surface area contributed by atoms with Gasteiger partial charge in [-0.25, -0.2) is 8.78 Å². The summed E-state index contributed by atoms with van der Waals surface area (Å²) in [5.41, 5.74) is 1.93. The number of halogens is 2. The first-order valence-corrected chi connectivity index (χ1v) is 12.0. The van der Waals surface area contributed by atoms with Gasteiger partial charge in [0.25, 0.3) is 0 Å². The Morgan fingerprint density at radius 2 is 1.39 bits per heavy atom. The molecule has 2 saturated heterocycles. The van der Waals surface area contributed by atoms with E-state index < -0.39 is 0 Å². The number of amides is 1. The van der Waals surface area contributed by atoms with Crippen LogP contribution >= 0.6 is 11.8 Å². The Bertz CT molecular complexity index is 793. The highest BCUT2D eigenvalue weighted by Crippen LogP contribution is 2.30. The zero-order valence-corrected chi connectivity index (χ0v) is 19.2. The van der Waals surface area contributed by atoms with E-state index in [1.165, 1.54) is 24.3 Å². The maximum atomic E-state index is 13.5. The van der Waals surface area contributed by atoms with Crippen LogP contribution < -0.4 is 0 Å². The molecule has 4 nitrogen and oxygen atoms in total. The number of thioether (sulfide) groups is 1. The zero-order chi connectivity index (χ0) is 22.4. The Morgan fingerprint density at radius 3 is 1.81 bits per heavy atom. The lowest BCUT2D eigenvalue weighted by molar-refractivity contribution is -0.137. The second-order valence-electron chi connectivity index (χ2n) is 7.64. The second kappa shape index (κ2) is 11.1. The van der Waals surface area contributed by atoms with Crippen LogP contribution in [-0.2, 0) is 4.79 Å². The van der Waals surface area contributed by atoms with Crippen LogP contribution in [0.2, 0.25) is 0 Å². The van der Waals surface area contributed by atoms with E-state index in [9.17, 15) is 13.6 Å². The molecule has 0 spiro atoms. The minimum Gasteiger partial charge on any atom is -0.339 e. The van der Waals surface area contributed by atoms with Crippen LogP contribution in [0.4, 0.5) is 8.78 Å². The number of hydrogen-bond donors (Lipinski definition) is 0. The second-order valence-corrected chi connectivity index (χ2v) is 8.64. The van der Waals surface area contributed by atoms with E-state index >= 15 is 0 Å². The molecule has 31 heavy (non-hydrogen) atoms. The number of benzene rings is 2. The van der Waals surface area contributed by atoms with Crippen molar-refractivity contribution in [2.45, 2.75) is 25.9 Å². The third-order valence-electron chi connectivity index (χ3n) is 5.75. The molecule has 2 aliphatic rings. The zero-order valence-electron chi connectivity index (χ0n) is 18.4. The molecule has 2 aliphatic heterocycles. The van der Waals surface area contributed by atoms with E-state index in [1.807, 2.05) is 25.8 Å². The average Bonchev–Trinajstić information content (AvgIpc) is 3.24. The molecule has 0 aliphatic carbocycles. The molecule has 1 amide bonds. The number of hydrogen-bond acceptors (Lipinski definition) is 4. The number of piperazine rings is 1. The van der Waals surface area contributed by atoms with Crippen molar-refractivity contribution in [3.8, 4) is 0 Å². The first kappa shape index (κ1) is 23.7. The van der Waals surface area contributed by atoms with E-state index in [0.717, 1.165) is 35.8 Å². The summed E-state index contributed by atoms with van der Waals surface area (Å²) < 4.78 is 26.9. The highest BCUT2D eigenvalue weighted by molar-refractivity contribution is 7.99. The maximum absolute atomic E-state index is 13.5. The molecule has 0 N–H and O–H groups in total. The van der Waals surface area contributed by atoms with Gasteiger partial charge < -0.3 is 4.90 Å². The fraction of sp³-hybridized carbons (Fsp3) is 0.458. The summed E-state index contributed by atoms with van der Waals surface area (Å²) >= 11 is 1.79. The van der Waals surface area contributed by atoms with Crippen molar-refractivity contribution in [2.24, 2.45) is 0 Å². The van der Waals surface area contributed by atoms with Gasteiger partial charge in [0, 0.05) is 37.8 Å². The standard InChI is InChI=1S/C22H25F2N3OS.C2H6/c1-25-15-29-14-20(25)22(28)27-12-10-26(11-13-27)21(16-2-6-18(23)7-3-16)17-4-8-19(24)9-5-17;1-2/h2-9,20-21H,10-15H2,1H3;1-2H3/t20-;/m0./s1. The predicted molar refractivity (Wildman–Crippen MR) is 123 cm³/mol. The van der Waals surface area contributed by atoms with E-state index in [2.05, 4.69) is 9.80 Å². The molecular weight excluding hydrogens is 416 g/mol. The van der Waals surface area contributed by atoms with Crippen molar-refractivity contribution in [3.05, 3.63) is 71.3 Å². The normalized spacial score (nSPS) is 19.9. The van der Waals surface area contributed by atoms with Crippen molar-refractivity contribution in [1.29, 1.82) is 0 Å². The van der Waals surface area contributed by atoms with Crippen LogP contribution in [0, 0.1) is 11.6 Å². The van der Waals surface area contributed by atoms with E-state index in [-0.39, 0.29) is 29.6 Å². The molecule has 2 aromatic carbocycles. The molecule has 7 heteroatoms. The number of carbonyl (C=O) groups is 1. The number of nitrogens with zero attached hydrogens (tertiary/aromatic N) is 3. The molecule has 2 aromatic rings. The van der Waals surface area contributed by atoms with E-state index in [4.69, 9.17) is 0 Å². The minimum absolute atomic E-state index is 0.0310. The lowest BCUT2D eigenvalue weighted by atomic mass is 9.96. The first-order chi connectivity index (χ1) is 15.0. The van der Waals surface area contributed by atoms with Gasteiger partial charge in [-0.1, -0.05) is 38.1 Å². The summed E-state index contributed by atoms with van der Waals surface area (Å²) in [5, 5.41) is 0. The Balaban J connectivity index is 0.00000132. The third-order valence-corrected chi connectivity index (χ3v) is 6.89. The first-order valence-electron chi connectivity index (χ1n) is 10.8. The molecular formula is C24H31F2N3OS. The molecule has 4 rings (SSSR count).